The van der Waals surface area contributed by atoms with Crippen molar-refractivity contribution in [3.8, 4) is 0 Å². The summed E-state index contributed by atoms with van der Waals surface area (Å²) in [7, 11) is 0. The highest BCUT2D eigenvalue weighted by molar-refractivity contribution is 14.1. The van der Waals surface area contributed by atoms with Crippen molar-refractivity contribution in [1.82, 2.24) is 0 Å². The van der Waals surface area contributed by atoms with E-state index in [9.17, 15) is 4.79 Å². The monoisotopic (exact) mass is 270 g/mol. The van der Waals surface area contributed by atoms with E-state index in [0.717, 1.165) is 0 Å². The van der Waals surface area contributed by atoms with Crippen molar-refractivity contribution in [2.24, 2.45) is 0 Å². The minimum Gasteiger partial charge on any atom is -0.289 e. The van der Waals surface area contributed by atoms with Crippen LogP contribution >= 0.6 is 22.6 Å². The molecule has 1 rings (SSSR count). The summed E-state index contributed by atoms with van der Waals surface area (Å²) in [5, 5.41) is 0. The maximum Gasteiger partial charge on any atom is 0.193 e. The SMILES string of the molecule is O=C(C=C=CI)c1ccccc1. The molecule has 0 amide bonds. The molecule has 60 valence electrons. The van der Waals surface area contributed by atoms with E-state index in [1.165, 1.54) is 6.08 Å². The summed E-state index contributed by atoms with van der Waals surface area (Å²) >= 11 is 2.02. The van der Waals surface area contributed by atoms with E-state index in [4.69, 9.17) is 0 Å². The molecule has 0 heterocycles. The van der Waals surface area contributed by atoms with Gasteiger partial charge in [-0.3, -0.25) is 4.79 Å². The largest absolute Gasteiger partial charge is 0.289 e. The topological polar surface area (TPSA) is 17.1 Å². The molecule has 0 atom stereocenters. The minimum atomic E-state index is -0.0106. The highest BCUT2D eigenvalue weighted by Crippen LogP contribution is 2.00. The second kappa shape index (κ2) is 4.91. The number of hydrogen-bond acceptors (Lipinski definition) is 1. The van der Waals surface area contributed by atoms with Gasteiger partial charge in [0, 0.05) is 15.7 Å². The van der Waals surface area contributed by atoms with E-state index in [-0.39, 0.29) is 5.78 Å². The Bertz CT molecular complexity index is 321. The predicted molar refractivity (Wildman–Crippen MR) is 57.4 cm³/mol. The van der Waals surface area contributed by atoms with E-state index in [0.29, 0.717) is 5.56 Å². The third-order valence-electron chi connectivity index (χ3n) is 1.34. The first-order valence-electron chi connectivity index (χ1n) is 3.45. The van der Waals surface area contributed by atoms with Gasteiger partial charge in [-0.2, -0.15) is 0 Å². The van der Waals surface area contributed by atoms with Gasteiger partial charge < -0.3 is 0 Å². The second-order valence-electron chi connectivity index (χ2n) is 2.15. The van der Waals surface area contributed by atoms with E-state index in [1.54, 1.807) is 16.2 Å². The molecule has 12 heavy (non-hydrogen) atoms. The van der Waals surface area contributed by atoms with Gasteiger partial charge in [0.15, 0.2) is 5.78 Å². The molecule has 0 aliphatic heterocycles. The zero-order valence-electron chi connectivity index (χ0n) is 6.33. The Labute approximate surface area is 84.9 Å². The van der Waals surface area contributed by atoms with Gasteiger partial charge in [0.1, 0.15) is 0 Å². The molecule has 0 fully saturated rings. The molecule has 1 nitrogen and oxygen atoms in total. The number of hydrogen-bond donors (Lipinski definition) is 0. The van der Waals surface area contributed by atoms with Crippen LogP contribution in [0.4, 0.5) is 0 Å². The van der Waals surface area contributed by atoms with Gasteiger partial charge in [-0.05, 0) is 22.6 Å². The fourth-order valence-corrected chi connectivity index (χ4v) is 0.973. The van der Waals surface area contributed by atoms with E-state index in [1.807, 2.05) is 40.8 Å². The van der Waals surface area contributed by atoms with Crippen molar-refractivity contribution < 1.29 is 4.79 Å². The zero-order valence-corrected chi connectivity index (χ0v) is 8.49. The fraction of sp³-hybridized carbons (Fsp3) is 0. The van der Waals surface area contributed by atoms with E-state index in [2.05, 4.69) is 5.73 Å². The normalized spacial score (nSPS) is 8.42. The number of carbonyl (C=O) groups excluding carboxylic acids is 1. The Hall–Kier alpha value is -0.860. The van der Waals surface area contributed by atoms with E-state index < -0.39 is 0 Å². The Morgan fingerprint density at radius 3 is 2.58 bits per heavy atom. The Morgan fingerprint density at radius 1 is 1.33 bits per heavy atom. The summed E-state index contributed by atoms with van der Waals surface area (Å²) in [5.74, 6) is -0.0106. The summed E-state index contributed by atoms with van der Waals surface area (Å²) in [6.07, 6.45) is 1.43. The molecule has 1 aromatic rings. The van der Waals surface area contributed by atoms with Crippen LogP contribution in [0.1, 0.15) is 10.4 Å². The lowest BCUT2D eigenvalue weighted by Crippen LogP contribution is -1.91. The van der Waals surface area contributed by atoms with Crippen molar-refractivity contribution in [2.45, 2.75) is 0 Å². The first-order valence-corrected chi connectivity index (χ1v) is 4.69. The van der Waals surface area contributed by atoms with Gasteiger partial charge in [-0.1, -0.05) is 30.3 Å². The maximum atomic E-state index is 11.3. The molecule has 0 radical (unpaired) electrons. The number of rotatable bonds is 2. The zero-order chi connectivity index (χ0) is 8.81. The molecular weight excluding hydrogens is 263 g/mol. The smallest absolute Gasteiger partial charge is 0.193 e. The van der Waals surface area contributed by atoms with Gasteiger partial charge in [0.2, 0.25) is 0 Å². The van der Waals surface area contributed by atoms with Crippen LogP contribution in [0.3, 0.4) is 0 Å². The van der Waals surface area contributed by atoms with Crippen LogP contribution in [-0.2, 0) is 0 Å². The van der Waals surface area contributed by atoms with Crippen molar-refractivity contribution in [2.75, 3.05) is 0 Å². The van der Waals surface area contributed by atoms with Crippen LogP contribution in [-0.4, -0.2) is 5.78 Å². The number of benzene rings is 1. The quantitative estimate of drug-likeness (QED) is 0.349. The molecule has 2 heteroatoms. The molecule has 0 aliphatic rings. The molecule has 0 saturated carbocycles. The Balaban J connectivity index is 2.87. The van der Waals surface area contributed by atoms with Crippen LogP contribution in [0.25, 0.3) is 0 Å². The Morgan fingerprint density at radius 2 is 2.00 bits per heavy atom. The summed E-state index contributed by atoms with van der Waals surface area (Å²) < 4.78 is 1.68. The third kappa shape index (κ3) is 2.64. The lowest BCUT2D eigenvalue weighted by Gasteiger charge is -1.90. The lowest BCUT2D eigenvalue weighted by atomic mass is 10.1. The second-order valence-corrected chi connectivity index (χ2v) is 2.77. The van der Waals surface area contributed by atoms with Gasteiger partial charge in [-0.15, -0.1) is 5.73 Å². The van der Waals surface area contributed by atoms with Crippen LogP contribution in [0.15, 0.2) is 46.2 Å². The number of ketones is 1. The molecule has 0 aromatic heterocycles. The molecule has 0 bridgehead atoms. The van der Waals surface area contributed by atoms with Crippen LogP contribution in [0.2, 0.25) is 0 Å². The standard InChI is InChI=1S/C10H7IO/c11-8-4-7-10(12)9-5-2-1-3-6-9/h1-3,5-8H. The fourth-order valence-electron chi connectivity index (χ4n) is 0.793. The van der Waals surface area contributed by atoms with E-state index >= 15 is 0 Å². The molecule has 0 aliphatic carbocycles. The molecule has 0 unspecified atom stereocenters. The lowest BCUT2D eigenvalue weighted by molar-refractivity contribution is 0.104. The van der Waals surface area contributed by atoms with Gasteiger partial charge >= 0.3 is 0 Å². The van der Waals surface area contributed by atoms with Gasteiger partial charge in [0.05, 0.1) is 0 Å². The molecule has 0 saturated heterocycles. The predicted octanol–water partition coefficient (Wildman–Crippen LogP) is 2.97. The average molecular weight is 270 g/mol. The summed E-state index contributed by atoms with van der Waals surface area (Å²) in [5.41, 5.74) is 3.43. The maximum absolute atomic E-state index is 11.3. The molecule has 0 spiro atoms. The van der Waals surface area contributed by atoms with Crippen molar-refractivity contribution in [1.29, 1.82) is 0 Å². The average Bonchev–Trinajstić information content (AvgIpc) is 2.15. The van der Waals surface area contributed by atoms with Crippen LogP contribution < -0.4 is 0 Å². The summed E-state index contributed by atoms with van der Waals surface area (Å²) in [4.78, 5) is 11.3. The number of allylic oxidation sites excluding steroid dienone is 1. The van der Waals surface area contributed by atoms with Crippen molar-refractivity contribution >= 4 is 28.4 Å². The molecule has 1 aromatic carbocycles. The van der Waals surface area contributed by atoms with Crippen LogP contribution in [0, 0.1) is 0 Å². The minimum absolute atomic E-state index is 0.0106. The third-order valence-corrected chi connectivity index (χ3v) is 1.70. The van der Waals surface area contributed by atoms with Crippen molar-refractivity contribution in [3.63, 3.8) is 0 Å². The number of halogens is 1. The first kappa shape index (κ1) is 9.23. The summed E-state index contributed by atoms with van der Waals surface area (Å²) in [6.45, 7) is 0. The van der Waals surface area contributed by atoms with Gasteiger partial charge in [-0.25, -0.2) is 0 Å². The summed E-state index contributed by atoms with van der Waals surface area (Å²) in [6, 6.07) is 9.14. The Kier molecular flexibility index (Phi) is 3.77. The molecule has 0 N–H and O–H groups in total. The highest BCUT2D eigenvalue weighted by atomic mass is 127. The van der Waals surface area contributed by atoms with Crippen LogP contribution in [0.5, 0.6) is 0 Å². The molecular formula is C10H7IO. The highest BCUT2D eigenvalue weighted by Gasteiger charge is 1.97. The van der Waals surface area contributed by atoms with Crippen molar-refractivity contribution in [3.05, 3.63) is 51.8 Å². The number of carbonyl (C=O) groups is 1. The van der Waals surface area contributed by atoms with Gasteiger partial charge in [0.25, 0.3) is 0 Å². The first-order chi connectivity index (χ1) is 5.84.